The van der Waals surface area contributed by atoms with Gasteiger partial charge in [0, 0.05) is 42.7 Å². The summed E-state index contributed by atoms with van der Waals surface area (Å²) in [4.78, 5) is 49.8. The van der Waals surface area contributed by atoms with E-state index in [0.29, 0.717) is 41.2 Å². The highest BCUT2D eigenvalue weighted by Gasteiger charge is 2.55. The van der Waals surface area contributed by atoms with E-state index in [2.05, 4.69) is 40.2 Å². The zero-order valence-electron chi connectivity index (χ0n) is 23.6. The van der Waals surface area contributed by atoms with E-state index in [9.17, 15) is 14.4 Å². The van der Waals surface area contributed by atoms with Crippen LogP contribution in [-0.4, -0.2) is 54.2 Å². The molecule has 1 saturated carbocycles. The van der Waals surface area contributed by atoms with Gasteiger partial charge >= 0.3 is 0 Å². The average Bonchev–Trinajstić information content (AvgIpc) is 3.48. The number of amides is 1. The second kappa shape index (κ2) is 10.8. The Morgan fingerprint density at radius 1 is 0.976 bits per heavy atom. The van der Waals surface area contributed by atoms with Gasteiger partial charge in [0.25, 0.3) is 0 Å². The summed E-state index contributed by atoms with van der Waals surface area (Å²) in [5, 5.41) is 5.23. The molecule has 4 aromatic rings. The van der Waals surface area contributed by atoms with Crippen LogP contribution in [0.3, 0.4) is 0 Å². The number of benzene rings is 2. The first-order valence-corrected chi connectivity index (χ1v) is 14.2. The van der Waals surface area contributed by atoms with Crippen LogP contribution >= 0.6 is 0 Å². The Morgan fingerprint density at radius 2 is 1.73 bits per heavy atom. The Morgan fingerprint density at radius 3 is 2.46 bits per heavy atom. The molecule has 2 aromatic heterocycles. The number of aryl methyl sites for hydroxylation is 1. The van der Waals surface area contributed by atoms with E-state index >= 15 is 0 Å². The maximum absolute atomic E-state index is 13.7. The molecule has 0 unspecified atom stereocenters. The number of rotatable bonds is 9. The third-order valence-electron chi connectivity index (χ3n) is 8.32. The highest BCUT2D eigenvalue weighted by atomic mass is 16.2. The van der Waals surface area contributed by atoms with Gasteiger partial charge in [-0.15, -0.1) is 0 Å². The smallest absolute Gasteiger partial charge is 0.245 e. The van der Waals surface area contributed by atoms with Gasteiger partial charge in [-0.2, -0.15) is 5.10 Å². The normalized spacial score (nSPS) is 19.8. The molecule has 3 atom stereocenters. The molecule has 2 aromatic carbocycles. The van der Waals surface area contributed by atoms with Gasteiger partial charge in [0.1, 0.15) is 18.1 Å². The van der Waals surface area contributed by atoms with Crippen LogP contribution in [0.25, 0.3) is 27.6 Å². The number of hydrogen-bond acceptors (Lipinski definition) is 6. The van der Waals surface area contributed by atoms with E-state index in [1.807, 2.05) is 43.3 Å². The number of carbonyl (C=O) groups excluding carboxylic acids is 3. The largest absolute Gasteiger partial charge is 0.328 e. The van der Waals surface area contributed by atoms with Gasteiger partial charge in [0.2, 0.25) is 5.91 Å². The average molecular weight is 548 g/mol. The van der Waals surface area contributed by atoms with Crippen molar-refractivity contribution in [1.29, 1.82) is 0 Å². The van der Waals surface area contributed by atoms with Crippen molar-refractivity contribution in [1.82, 2.24) is 24.6 Å². The third kappa shape index (κ3) is 5.34. The van der Waals surface area contributed by atoms with Crippen molar-refractivity contribution in [2.45, 2.75) is 65.1 Å². The van der Waals surface area contributed by atoms with Gasteiger partial charge in [-0.05, 0) is 67.9 Å². The number of likely N-dealkylation sites (tertiary alicyclic amines) is 1. The minimum Gasteiger partial charge on any atom is -0.328 e. The number of allylic oxidation sites excluding steroid dienone is 2. The molecule has 0 N–H and O–H groups in total. The highest BCUT2D eigenvalue weighted by molar-refractivity contribution is 6.06. The van der Waals surface area contributed by atoms with E-state index in [-0.39, 0.29) is 36.1 Å². The van der Waals surface area contributed by atoms with Crippen LogP contribution in [-0.2, 0) is 16.1 Å². The first-order valence-electron chi connectivity index (χ1n) is 14.2. The number of ketones is 2. The molecule has 8 nitrogen and oxygen atoms in total. The predicted octanol–water partition coefficient (Wildman–Crippen LogP) is 5.45. The Hall–Kier alpha value is -4.46. The maximum Gasteiger partial charge on any atom is 0.245 e. The summed E-state index contributed by atoms with van der Waals surface area (Å²) in [5.74, 6) is 0.896. The van der Waals surface area contributed by atoms with Gasteiger partial charge in [-0.3, -0.25) is 19.1 Å². The summed E-state index contributed by atoms with van der Waals surface area (Å²) >= 11 is 0. The number of piperidine rings is 1. The molecule has 6 rings (SSSR count). The summed E-state index contributed by atoms with van der Waals surface area (Å²) in [6.45, 7) is 5.35. The lowest BCUT2D eigenvalue weighted by Gasteiger charge is -2.26. The Balaban J connectivity index is 1.19. The van der Waals surface area contributed by atoms with Crippen LogP contribution in [0.4, 0.5) is 0 Å². The Bertz CT molecular complexity index is 1670. The van der Waals surface area contributed by atoms with E-state index in [1.165, 1.54) is 6.92 Å². The van der Waals surface area contributed by atoms with Gasteiger partial charge in [0.05, 0.1) is 11.6 Å². The monoisotopic (exact) mass is 547 g/mol. The topological polar surface area (TPSA) is 98.1 Å². The molecule has 41 heavy (non-hydrogen) atoms. The van der Waals surface area contributed by atoms with Crippen molar-refractivity contribution >= 4 is 33.9 Å². The second-order valence-electron chi connectivity index (χ2n) is 11.2. The lowest BCUT2D eigenvalue weighted by molar-refractivity contribution is -0.139. The fraction of sp³-hybridized carbons (Fsp3) is 0.333. The van der Waals surface area contributed by atoms with Gasteiger partial charge in [-0.1, -0.05) is 42.5 Å². The first kappa shape index (κ1) is 26.7. The molecule has 208 valence electrons. The molecule has 0 bridgehead atoms. The summed E-state index contributed by atoms with van der Waals surface area (Å²) in [7, 11) is 0. The quantitative estimate of drug-likeness (QED) is 0.259. The molecule has 1 aliphatic heterocycles. The van der Waals surface area contributed by atoms with Gasteiger partial charge in [0.15, 0.2) is 11.6 Å². The zero-order chi connectivity index (χ0) is 28.7. The predicted molar refractivity (Wildman–Crippen MR) is 157 cm³/mol. The molecule has 0 spiro atoms. The van der Waals surface area contributed by atoms with Crippen molar-refractivity contribution < 1.29 is 14.4 Å². The summed E-state index contributed by atoms with van der Waals surface area (Å²) in [5.41, 5.74) is 5.02. The van der Waals surface area contributed by atoms with Crippen molar-refractivity contribution in [2.75, 3.05) is 0 Å². The van der Waals surface area contributed by atoms with Crippen LogP contribution in [0, 0.1) is 12.8 Å². The minimum atomic E-state index is -0.390. The molecule has 1 amide bonds. The van der Waals surface area contributed by atoms with Crippen LogP contribution in [0.15, 0.2) is 67.0 Å². The van der Waals surface area contributed by atoms with E-state index in [1.54, 1.807) is 22.0 Å². The first-order chi connectivity index (χ1) is 19.8. The van der Waals surface area contributed by atoms with Crippen LogP contribution in [0.1, 0.15) is 61.4 Å². The summed E-state index contributed by atoms with van der Waals surface area (Å²) < 4.78 is 1.60. The number of carbonyl (C=O) groups is 3. The van der Waals surface area contributed by atoms with Crippen LogP contribution in [0.2, 0.25) is 0 Å². The van der Waals surface area contributed by atoms with E-state index in [0.717, 1.165) is 35.1 Å². The fourth-order valence-corrected chi connectivity index (χ4v) is 6.01. The maximum atomic E-state index is 13.7. The van der Waals surface area contributed by atoms with Crippen LogP contribution in [0.5, 0.6) is 0 Å². The molecular formula is C33H33N5O3. The molecule has 0 radical (unpaired) electrons. The summed E-state index contributed by atoms with van der Waals surface area (Å²) in [6.07, 6.45) is 8.34. The van der Waals surface area contributed by atoms with E-state index < -0.39 is 0 Å². The van der Waals surface area contributed by atoms with Gasteiger partial charge < -0.3 is 4.90 Å². The Kier molecular flexibility index (Phi) is 7.07. The third-order valence-corrected chi connectivity index (χ3v) is 8.32. The van der Waals surface area contributed by atoms with Crippen molar-refractivity contribution in [3.8, 4) is 11.1 Å². The fourth-order valence-electron chi connectivity index (χ4n) is 6.01. The number of Topliss-reactive ketones (excluding diaryl/α,β-unsaturated/α-hetero) is 2. The van der Waals surface area contributed by atoms with Crippen molar-refractivity contribution in [3.05, 3.63) is 84.1 Å². The zero-order valence-corrected chi connectivity index (χ0v) is 23.6. The Labute approximate surface area is 239 Å². The highest BCUT2D eigenvalue weighted by Crippen LogP contribution is 2.48. The van der Waals surface area contributed by atoms with Gasteiger partial charge in [-0.25, -0.2) is 9.97 Å². The minimum absolute atomic E-state index is 0.0171. The molecule has 3 heterocycles. The number of fused-ring (bicyclic) bond motifs is 2. The standard InChI is InChI=1S/C33H33N5O3/c1-20(23-9-5-4-6-10-23)8-7-11-31(40)30-16-25-15-29(25)38(30)32(41)19-37-28-13-12-24(26-17-34-22(3)35-18-26)14-27(28)33(36-37)21(2)39/h4-6,8-10,12-14,17-18,25,29-30H,7,11,15-16,19H2,1-3H3/b20-8-/t25-,29-,30+/m1/s1. The molecular weight excluding hydrogens is 514 g/mol. The molecule has 2 fully saturated rings. The number of nitrogens with zero attached hydrogens (tertiary/aromatic N) is 5. The van der Waals surface area contributed by atoms with Crippen molar-refractivity contribution in [2.24, 2.45) is 5.92 Å². The molecule has 2 aliphatic rings. The lowest BCUT2D eigenvalue weighted by atomic mass is 10.0. The summed E-state index contributed by atoms with van der Waals surface area (Å²) in [6, 6.07) is 15.6. The molecule has 1 aliphatic carbocycles. The molecule has 8 heteroatoms. The number of aromatic nitrogens is 4. The lowest BCUT2D eigenvalue weighted by Crippen LogP contribution is -2.44. The van der Waals surface area contributed by atoms with Crippen molar-refractivity contribution in [3.63, 3.8) is 0 Å². The molecule has 1 saturated heterocycles. The van der Waals surface area contributed by atoms with Crippen LogP contribution < -0.4 is 0 Å². The SMILES string of the molecule is CC(=O)c1nn(CC(=O)N2[C@@H]3C[C@@H]3C[C@H]2C(=O)CC/C=C(/C)c2ccccc2)c2ccc(-c3cnc(C)nc3)cc12. The second-order valence-corrected chi connectivity index (χ2v) is 11.2. The number of hydrogen-bond donors (Lipinski definition) is 0. The van der Waals surface area contributed by atoms with E-state index in [4.69, 9.17) is 0 Å².